The van der Waals surface area contributed by atoms with Crippen LogP contribution in [0.4, 0.5) is 5.82 Å². The number of nitrogens with one attached hydrogen (secondary N) is 2. The summed E-state index contributed by atoms with van der Waals surface area (Å²) < 4.78 is 0. The molecular weight excluding hydrogens is 226 g/mol. The van der Waals surface area contributed by atoms with Crippen LogP contribution in [0.3, 0.4) is 0 Å². The molecule has 2 heterocycles. The van der Waals surface area contributed by atoms with Crippen molar-refractivity contribution in [2.45, 2.75) is 18.8 Å². The molecule has 5 nitrogen and oxygen atoms in total. The minimum atomic E-state index is 0.594. The number of fused-ring (bicyclic) bond motifs is 1. The topological polar surface area (TPSA) is 83.4 Å². The Morgan fingerprint density at radius 2 is 2.17 bits per heavy atom. The van der Waals surface area contributed by atoms with Gasteiger partial charge in [0.1, 0.15) is 11.6 Å². The molecule has 4 rings (SSSR count). The van der Waals surface area contributed by atoms with Crippen molar-refractivity contribution in [1.29, 1.82) is 0 Å². The Balaban J connectivity index is 1.85. The maximum Gasteiger partial charge on any atom is 0.126 e. The number of nitrogen functional groups attached to an aromatic ring is 1. The predicted molar refractivity (Wildman–Crippen MR) is 70.1 cm³/mol. The van der Waals surface area contributed by atoms with Crippen molar-refractivity contribution in [3.63, 3.8) is 0 Å². The molecule has 0 atom stereocenters. The highest BCUT2D eigenvalue weighted by molar-refractivity contribution is 5.84. The van der Waals surface area contributed by atoms with Gasteiger partial charge in [-0.2, -0.15) is 5.10 Å². The minimum Gasteiger partial charge on any atom is -0.384 e. The molecule has 0 radical (unpaired) electrons. The fraction of sp³-hybridized carbons (Fsp3) is 0.231. The predicted octanol–water partition coefficient (Wildman–Crippen LogP) is 2.41. The summed E-state index contributed by atoms with van der Waals surface area (Å²) in [5.74, 6) is 2.35. The first kappa shape index (κ1) is 9.70. The van der Waals surface area contributed by atoms with E-state index in [2.05, 4.69) is 26.2 Å². The van der Waals surface area contributed by atoms with Gasteiger partial charge in [0.05, 0.1) is 17.2 Å². The molecular formula is C13H13N5. The summed E-state index contributed by atoms with van der Waals surface area (Å²) in [6.07, 6.45) is 4.25. The van der Waals surface area contributed by atoms with Crippen LogP contribution in [-0.4, -0.2) is 20.2 Å². The molecule has 3 aromatic rings. The molecule has 1 fully saturated rings. The molecule has 1 aliphatic carbocycles. The second-order valence-electron chi connectivity index (χ2n) is 4.83. The van der Waals surface area contributed by atoms with Crippen LogP contribution in [0.1, 0.15) is 24.6 Å². The van der Waals surface area contributed by atoms with Crippen LogP contribution in [-0.2, 0) is 0 Å². The van der Waals surface area contributed by atoms with Crippen LogP contribution < -0.4 is 5.73 Å². The first-order valence-corrected chi connectivity index (χ1v) is 6.10. The zero-order valence-corrected chi connectivity index (χ0v) is 9.77. The van der Waals surface area contributed by atoms with E-state index < -0.39 is 0 Å². The average Bonchev–Trinajstić information content (AvgIpc) is 3.00. The molecule has 0 saturated heterocycles. The average molecular weight is 239 g/mol. The van der Waals surface area contributed by atoms with Gasteiger partial charge >= 0.3 is 0 Å². The van der Waals surface area contributed by atoms with Crippen molar-refractivity contribution < 1.29 is 0 Å². The second kappa shape index (κ2) is 3.35. The van der Waals surface area contributed by atoms with E-state index in [-0.39, 0.29) is 0 Å². The van der Waals surface area contributed by atoms with Crippen molar-refractivity contribution in [3.8, 4) is 11.1 Å². The largest absolute Gasteiger partial charge is 0.384 e. The van der Waals surface area contributed by atoms with E-state index in [9.17, 15) is 0 Å². The van der Waals surface area contributed by atoms with Crippen LogP contribution in [0, 0.1) is 0 Å². The number of benzene rings is 1. The number of aromatic nitrogens is 4. The maximum atomic E-state index is 5.84. The molecule has 4 N–H and O–H groups in total. The summed E-state index contributed by atoms with van der Waals surface area (Å²) in [5.41, 5.74) is 9.90. The molecule has 1 aromatic carbocycles. The number of anilines is 1. The fourth-order valence-electron chi connectivity index (χ4n) is 2.27. The molecule has 2 aromatic heterocycles. The first-order chi connectivity index (χ1) is 8.81. The number of nitrogens with two attached hydrogens (primary N) is 1. The molecule has 0 spiro atoms. The molecule has 90 valence electrons. The Morgan fingerprint density at radius 1 is 1.28 bits per heavy atom. The van der Waals surface area contributed by atoms with Gasteiger partial charge in [0.15, 0.2) is 0 Å². The highest BCUT2D eigenvalue weighted by Crippen LogP contribution is 2.39. The summed E-state index contributed by atoms with van der Waals surface area (Å²) in [4.78, 5) is 8.01. The van der Waals surface area contributed by atoms with Crippen molar-refractivity contribution in [3.05, 3.63) is 30.2 Å². The highest BCUT2D eigenvalue weighted by atomic mass is 15.1. The van der Waals surface area contributed by atoms with E-state index in [1.807, 2.05) is 12.1 Å². The molecule has 0 amide bonds. The van der Waals surface area contributed by atoms with Gasteiger partial charge < -0.3 is 10.7 Å². The van der Waals surface area contributed by atoms with Crippen molar-refractivity contribution in [2.24, 2.45) is 0 Å². The van der Waals surface area contributed by atoms with Crippen LogP contribution in [0.5, 0.6) is 0 Å². The van der Waals surface area contributed by atoms with Gasteiger partial charge in [0.25, 0.3) is 0 Å². The third-order valence-corrected chi connectivity index (χ3v) is 3.44. The zero-order chi connectivity index (χ0) is 12.1. The van der Waals surface area contributed by atoms with E-state index >= 15 is 0 Å². The lowest BCUT2D eigenvalue weighted by molar-refractivity contribution is 0.986. The van der Waals surface area contributed by atoms with Crippen LogP contribution in [0.15, 0.2) is 24.4 Å². The molecule has 1 saturated carbocycles. The zero-order valence-electron chi connectivity index (χ0n) is 9.77. The van der Waals surface area contributed by atoms with Crippen molar-refractivity contribution in [2.75, 3.05) is 5.73 Å². The Bertz CT molecular complexity index is 720. The van der Waals surface area contributed by atoms with Crippen molar-refractivity contribution >= 4 is 16.9 Å². The Labute approximate surface area is 103 Å². The number of H-pyrrole nitrogens is 2. The Morgan fingerprint density at radius 3 is 2.89 bits per heavy atom. The van der Waals surface area contributed by atoms with Gasteiger partial charge in [-0.3, -0.25) is 5.10 Å². The van der Waals surface area contributed by atoms with Crippen LogP contribution in [0.2, 0.25) is 0 Å². The quantitative estimate of drug-likeness (QED) is 0.642. The van der Waals surface area contributed by atoms with Gasteiger partial charge in [-0.05, 0) is 30.5 Å². The van der Waals surface area contributed by atoms with Crippen LogP contribution >= 0.6 is 0 Å². The number of hydrogen-bond donors (Lipinski definition) is 3. The number of nitrogens with zero attached hydrogens (tertiary/aromatic N) is 2. The summed E-state index contributed by atoms with van der Waals surface area (Å²) in [5, 5.41) is 6.70. The van der Waals surface area contributed by atoms with Gasteiger partial charge in [-0.1, -0.05) is 6.07 Å². The SMILES string of the molecule is Nc1[nH]ncc1-c1ccc2nc(C3CC3)[nH]c2c1. The van der Waals surface area contributed by atoms with Crippen LogP contribution in [0.25, 0.3) is 22.2 Å². The molecule has 0 unspecified atom stereocenters. The fourth-order valence-corrected chi connectivity index (χ4v) is 2.27. The standard InChI is InChI=1S/C13H13N5/c14-12-9(6-15-18-12)8-3-4-10-11(5-8)17-13(16-10)7-1-2-7/h3-7H,1-2H2,(H,16,17)(H3,14,15,18). The number of hydrogen-bond acceptors (Lipinski definition) is 3. The Hall–Kier alpha value is -2.30. The summed E-state index contributed by atoms with van der Waals surface area (Å²) >= 11 is 0. The maximum absolute atomic E-state index is 5.84. The molecule has 1 aliphatic rings. The minimum absolute atomic E-state index is 0.594. The summed E-state index contributed by atoms with van der Waals surface area (Å²) in [6.45, 7) is 0. The third-order valence-electron chi connectivity index (χ3n) is 3.44. The van der Waals surface area contributed by atoms with E-state index in [0.717, 1.165) is 28.0 Å². The molecule has 0 aliphatic heterocycles. The summed E-state index contributed by atoms with van der Waals surface area (Å²) in [7, 11) is 0. The van der Waals surface area contributed by atoms with E-state index in [0.29, 0.717) is 11.7 Å². The molecule has 5 heteroatoms. The number of aromatic amines is 2. The van der Waals surface area contributed by atoms with Gasteiger partial charge in [-0.15, -0.1) is 0 Å². The lowest BCUT2D eigenvalue weighted by Crippen LogP contribution is -1.87. The van der Waals surface area contributed by atoms with E-state index in [4.69, 9.17) is 5.73 Å². The number of rotatable bonds is 2. The van der Waals surface area contributed by atoms with E-state index in [1.165, 1.54) is 12.8 Å². The van der Waals surface area contributed by atoms with Gasteiger partial charge in [0.2, 0.25) is 0 Å². The first-order valence-electron chi connectivity index (χ1n) is 6.10. The lowest BCUT2D eigenvalue weighted by atomic mass is 10.1. The summed E-state index contributed by atoms with van der Waals surface area (Å²) in [6, 6.07) is 6.13. The third kappa shape index (κ3) is 1.40. The van der Waals surface area contributed by atoms with Gasteiger partial charge in [-0.25, -0.2) is 4.98 Å². The lowest BCUT2D eigenvalue weighted by Gasteiger charge is -1.98. The van der Waals surface area contributed by atoms with Crippen molar-refractivity contribution in [1.82, 2.24) is 20.2 Å². The molecule has 0 bridgehead atoms. The Kier molecular flexibility index (Phi) is 1.81. The smallest absolute Gasteiger partial charge is 0.126 e. The highest BCUT2D eigenvalue weighted by Gasteiger charge is 2.26. The normalized spacial score (nSPS) is 15.3. The van der Waals surface area contributed by atoms with Gasteiger partial charge in [0, 0.05) is 11.5 Å². The second-order valence-corrected chi connectivity index (χ2v) is 4.83. The van der Waals surface area contributed by atoms with E-state index in [1.54, 1.807) is 6.20 Å². The molecule has 18 heavy (non-hydrogen) atoms. The monoisotopic (exact) mass is 239 g/mol. The number of imidazole rings is 1.